The van der Waals surface area contributed by atoms with Gasteiger partial charge in [0.2, 0.25) is 0 Å². The van der Waals surface area contributed by atoms with Crippen molar-refractivity contribution in [2.45, 2.75) is 75.7 Å². The Morgan fingerprint density at radius 3 is 2.33 bits per heavy atom. The van der Waals surface area contributed by atoms with E-state index in [1.54, 1.807) is 0 Å². The molecule has 0 spiro atoms. The van der Waals surface area contributed by atoms with E-state index in [2.05, 4.69) is 30.3 Å². The number of alkyl halides is 3. The van der Waals surface area contributed by atoms with Crippen LogP contribution in [0.1, 0.15) is 66.1 Å². The maximum Gasteiger partial charge on any atom is 0.573 e. The number of amides is 1. The molecular weight excluding hydrogens is 493 g/mol. The summed E-state index contributed by atoms with van der Waals surface area (Å²) >= 11 is 1.33. The van der Waals surface area contributed by atoms with E-state index in [0.717, 1.165) is 49.9 Å². The third-order valence-corrected chi connectivity index (χ3v) is 6.64. The van der Waals surface area contributed by atoms with Gasteiger partial charge in [-0.25, -0.2) is 14.6 Å². The summed E-state index contributed by atoms with van der Waals surface area (Å²) in [5, 5.41) is 11.9. The molecule has 8 nitrogen and oxygen atoms in total. The highest BCUT2D eigenvalue weighted by Gasteiger charge is 2.31. The number of aromatic nitrogens is 5. The average molecular weight is 521 g/mol. The second kappa shape index (κ2) is 11.3. The number of thioether (sulfide) groups is 1. The van der Waals surface area contributed by atoms with Gasteiger partial charge in [0, 0.05) is 23.2 Å². The standard InChI is InChI=1S/C24H27F3N6O2S/c1-15-13-16(2)29-23(28-15)36-14-20-21(22(34)30-17-7-5-3-4-6-8-17)31-32-33(20)18-9-11-19(12-10-18)35-24(25,26)27/h9-13,17H,3-8,14H2,1-2H3,(H,30,34). The molecule has 1 amide bonds. The average Bonchev–Trinajstić information content (AvgIpc) is 3.05. The topological polar surface area (TPSA) is 94.8 Å². The molecule has 1 N–H and O–H groups in total. The Bertz CT molecular complexity index is 1170. The van der Waals surface area contributed by atoms with Crippen LogP contribution in [0.15, 0.2) is 35.5 Å². The number of carbonyl (C=O) groups is 1. The normalized spacial score (nSPS) is 14.9. The van der Waals surface area contributed by atoms with Gasteiger partial charge in [-0.2, -0.15) is 0 Å². The Morgan fingerprint density at radius 2 is 1.72 bits per heavy atom. The summed E-state index contributed by atoms with van der Waals surface area (Å²) in [6.45, 7) is 3.75. The van der Waals surface area contributed by atoms with Crippen LogP contribution in [0.4, 0.5) is 13.2 Å². The fraction of sp³-hybridized carbons (Fsp3) is 0.458. The van der Waals surface area contributed by atoms with Crippen molar-refractivity contribution < 1.29 is 22.7 Å². The molecule has 0 unspecified atom stereocenters. The fourth-order valence-electron chi connectivity index (χ4n) is 4.17. The second-order valence-corrected chi connectivity index (χ2v) is 9.66. The number of benzene rings is 1. The number of aryl methyl sites for hydroxylation is 2. The third-order valence-electron chi connectivity index (χ3n) is 5.78. The van der Waals surface area contributed by atoms with Gasteiger partial charge in [-0.3, -0.25) is 4.79 Å². The highest BCUT2D eigenvalue weighted by molar-refractivity contribution is 7.98. The zero-order valence-electron chi connectivity index (χ0n) is 20.0. The van der Waals surface area contributed by atoms with Crippen molar-refractivity contribution in [3.8, 4) is 11.4 Å². The Hall–Kier alpha value is -3.15. The summed E-state index contributed by atoms with van der Waals surface area (Å²) < 4.78 is 43.1. The molecule has 2 aromatic heterocycles. The number of carbonyl (C=O) groups excluding carboxylic acids is 1. The van der Waals surface area contributed by atoms with E-state index in [9.17, 15) is 18.0 Å². The van der Waals surface area contributed by atoms with Crippen molar-refractivity contribution >= 4 is 17.7 Å². The number of nitrogens with zero attached hydrogens (tertiary/aromatic N) is 5. The van der Waals surface area contributed by atoms with Crippen LogP contribution in [-0.2, 0) is 5.75 Å². The van der Waals surface area contributed by atoms with Crippen LogP contribution < -0.4 is 10.1 Å². The summed E-state index contributed by atoms with van der Waals surface area (Å²) in [5.74, 6) is -0.385. The van der Waals surface area contributed by atoms with Gasteiger partial charge in [0.1, 0.15) is 5.75 Å². The van der Waals surface area contributed by atoms with Gasteiger partial charge in [-0.15, -0.1) is 18.3 Å². The quantitative estimate of drug-likeness (QED) is 0.256. The zero-order chi connectivity index (χ0) is 25.7. The number of rotatable bonds is 7. The molecule has 3 aromatic rings. The highest BCUT2D eigenvalue weighted by atomic mass is 32.2. The summed E-state index contributed by atoms with van der Waals surface area (Å²) in [4.78, 5) is 22.1. The molecule has 1 fully saturated rings. The number of halogens is 3. The molecule has 0 bridgehead atoms. The predicted molar refractivity (Wildman–Crippen MR) is 128 cm³/mol. The molecule has 2 heterocycles. The van der Waals surface area contributed by atoms with Crippen molar-refractivity contribution in [1.82, 2.24) is 30.3 Å². The Kier molecular flexibility index (Phi) is 8.12. The molecule has 192 valence electrons. The van der Waals surface area contributed by atoms with E-state index in [1.165, 1.54) is 40.7 Å². The molecule has 0 atom stereocenters. The Balaban J connectivity index is 1.61. The first-order valence-corrected chi connectivity index (χ1v) is 12.7. The van der Waals surface area contributed by atoms with Crippen molar-refractivity contribution in [2.75, 3.05) is 0 Å². The van der Waals surface area contributed by atoms with E-state index in [1.807, 2.05) is 19.9 Å². The molecule has 12 heteroatoms. The number of nitrogens with one attached hydrogen (secondary N) is 1. The van der Waals surface area contributed by atoms with Crippen LogP contribution in [0.25, 0.3) is 5.69 Å². The van der Waals surface area contributed by atoms with Crippen molar-refractivity contribution in [3.05, 3.63) is 53.1 Å². The summed E-state index contributed by atoms with van der Waals surface area (Å²) in [5.41, 5.74) is 2.76. The summed E-state index contributed by atoms with van der Waals surface area (Å²) in [6.07, 6.45) is 1.50. The minimum Gasteiger partial charge on any atom is -0.406 e. The number of hydrogen-bond acceptors (Lipinski definition) is 7. The van der Waals surface area contributed by atoms with Gasteiger partial charge in [0.25, 0.3) is 5.91 Å². The molecule has 36 heavy (non-hydrogen) atoms. The molecule has 4 rings (SSSR count). The fourth-order valence-corrected chi connectivity index (χ4v) is 5.11. The maximum atomic E-state index is 13.2. The van der Waals surface area contributed by atoms with Crippen molar-refractivity contribution in [1.29, 1.82) is 0 Å². The Labute approximate surface area is 211 Å². The van der Waals surface area contributed by atoms with Gasteiger partial charge in [0.05, 0.1) is 11.4 Å². The molecular formula is C24H27F3N6O2S. The lowest BCUT2D eigenvalue weighted by Crippen LogP contribution is -2.35. The minimum atomic E-state index is -4.79. The minimum absolute atomic E-state index is 0.0761. The summed E-state index contributed by atoms with van der Waals surface area (Å²) in [6, 6.07) is 7.20. The van der Waals surface area contributed by atoms with Crippen LogP contribution in [-0.4, -0.2) is 43.3 Å². The smallest absolute Gasteiger partial charge is 0.406 e. The first-order valence-electron chi connectivity index (χ1n) is 11.7. The summed E-state index contributed by atoms with van der Waals surface area (Å²) in [7, 11) is 0. The third kappa shape index (κ3) is 6.96. The van der Waals surface area contributed by atoms with Crippen molar-refractivity contribution in [3.63, 3.8) is 0 Å². The highest BCUT2D eigenvalue weighted by Crippen LogP contribution is 2.27. The number of ether oxygens (including phenoxy) is 1. The monoisotopic (exact) mass is 520 g/mol. The lowest BCUT2D eigenvalue weighted by molar-refractivity contribution is -0.274. The van der Waals surface area contributed by atoms with Crippen LogP contribution >= 0.6 is 11.8 Å². The lowest BCUT2D eigenvalue weighted by Gasteiger charge is -2.16. The van der Waals surface area contributed by atoms with Crippen LogP contribution in [0, 0.1) is 13.8 Å². The Morgan fingerprint density at radius 1 is 1.08 bits per heavy atom. The van der Waals surface area contributed by atoms with Gasteiger partial charge in [-0.1, -0.05) is 42.7 Å². The van der Waals surface area contributed by atoms with Crippen LogP contribution in [0.3, 0.4) is 0 Å². The molecule has 0 saturated heterocycles. The SMILES string of the molecule is Cc1cc(C)nc(SCc2c(C(=O)NC3CCCCCC3)nnn2-c2ccc(OC(F)(F)F)cc2)n1. The maximum absolute atomic E-state index is 13.2. The molecule has 0 radical (unpaired) electrons. The first-order chi connectivity index (χ1) is 17.2. The van der Waals surface area contributed by atoms with E-state index >= 15 is 0 Å². The van der Waals surface area contributed by atoms with Gasteiger partial charge >= 0.3 is 6.36 Å². The second-order valence-electron chi connectivity index (χ2n) is 8.72. The molecule has 1 saturated carbocycles. The van der Waals surface area contributed by atoms with Gasteiger partial charge in [-0.05, 0) is 57.0 Å². The largest absolute Gasteiger partial charge is 0.573 e. The number of hydrogen-bond donors (Lipinski definition) is 1. The van der Waals surface area contributed by atoms with E-state index in [4.69, 9.17) is 0 Å². The lowest BCUT2D eigenvalue weighted by atomic mass is 10.1. The molecule has 1 aromatic carbocycles. The molecule has 0 aliphatic heterocycles. The zero-order valence-corrected chi connectivity index (χ0v) is 20.8. The van der Waals surface area contributed by atoms with E-state index in [-0.39, 0.29) is 29.1 Å². The first kappa shape index (κ1) is 25.9. The van der Waals surface area contributed by atoms with E-state index < -0.39 is 6.36 Å². The molecule has 1 aliphatic rings. The van der Waals surface area contributed by atoms with E-state index in [0.29, 0.717) is 16.5 Å². The molecule has 1 aliphatic carbocycles. The predicted octanol–water partition coefficient (Wildman–Crippen LogP) is 5.32. The van der Waals surface area contributed by atoms with Crippen molar-refractivity contribution in [2.24, 2.45) is 0 Å². The van der Waals surface area contributed by atoms with Crippen LogP contribution in [0.5, 0.6) is 5.75 Å². The van der Waals surface area contributed by atoms with Gasteiger partial charge in [0.15, 0.2) is 10.9 Å². The van der Waals surface area contributed by atoms with Gasteiger partial charge < -0.3 is 10.1 Å². The van der Waals surface area contributed by atoms with Crippen LogP contribution in [0.2, 0.25) is 0 Å².